The van der Waals surface area contributed by atoms with Gasteiger partial charge in [0.1, 0.15) is 33.5 Å². The third kappa shape index (κ3) is 5.11. The largest absolute Gasteiger partial charge is 0.456 e. The van der Waals surface area contributed by atoms with E-state index >= 15 is 0 Å². The minimum Gasteiger partial charge on any atom is -0.456 e. The summed E-state index contributed by atoms with van der Waals surface area (Å²) in [5, 5.41) is 6.46. The standard InChI is InChI=1S/C60H36BN3O3/c1-4-17-37(18-5-1)62(46-26-16-30-52-55(46)41-23-10-13-27-49(41)65-52)40-35-47-58-48(36-40)64(39-21-8-3-9-22-39)60-45(32-34-54-57(60)43-25-12-15-29-51(43)67-54)61(58)44-31-33-53-56(42-24-11-14-28-50(42)66-53)59(44)63(47)38-19-6-2-7-20-38/h1-36H. The van der Waals surface area contributed by atoms with Gasteiger partial charge in [-0.05, 0) is 107 Å². The molecule has 0 amide bonds. The van der Waals surface area contributed by atoms with Crippen LogP contribution in [0.15, 0.2) is 232 Å². The molecule has 7 heteroatoms. The van der Waals surface area contributed by atoms with Crippen LogP contribution < -0.4 is 31.1 Å². The van der Waals surface area contributed by atoms with Crippen LogP contribution in [0.3, 0.4) is 0 Å². The third-order valence-corrected chi connectivity index (χ3v) is 14.0. The smallest absolute Gasteiger partial charge is 0.252 e. The molecule has 0 saturated carbocycles. The number of para-hydroxylation sites is 6. The lowest BCUT2D eigenvalue weighted by atomic mass is 9.33. The quantitative estimate of drug-likeness (QED) is 0.161. The molecule has 312 valence electrons. The molecule has 15 rings (SSSR count). The van der Waals surface area contributed by atoms with Crippen LogP contribution in [-0.4, -0.2) is 6.71 Å². The molecule has 2 aliphatic rings. The zero-order valence-electron chi connectivity index (χ0n) is 35.9. The van der Waals surface area contributed by atoms with Gasteiger partial charge in [-0.25, -0.2) is 0 Å². The van der Waals surface area contributed by atoms with Gasteiger partial charge in [-0.2, -0.15) is 0 Å². The lowest BCUT2D eigenvalue weighted by molar-refractivity contribution is 0.668. The maximum absolute atomic E-state index is 6.72. The van der Waals surface area contributed by atoms with E-state index in [-0.39, 0.29) is 6.71 Å². The Morgan fingerprint density at radius 2 is 0.761 bits per heavy atom. The van der Waals surface area contributed by atoms with Crippen molar-refractivity contribution in [3.05, 3.63) is 218 Å². The zero-order valence-corrected chi connectivity index (χ0v) is 35.9. The van der Waals surface area contributed by atoms with Crippen molar-refractivity contribution in [2.75, 3.05) is 14.7 Å². The number of hydrogen-bond donors (Lipinski definition) is 0. The van der Waals surface area contributed by atoms with Crippen LogP contribution in [0.2, 0.25) is 0 Å². The van der Waals surface area contributed by atoms with Gasteiger partial charge in [0, 0.05) is 44.6 Å². The highest BCUT2D eigenvalue weighted by atomic mass is 16.3. The van der Waals surface area contributed by atoms with Crippen molar-refractivity contribution in [2.45, 2.75) is 0 Å². The molecule has 13 aromatic rings. The minimum absolute atomic E-state index is 0.161. The summed E-state index contributed by atoms with van der Waals surface area (Å²) in [5.41, 5.74) is 18.3. The summed E-state index contributed by atoms with van der Waals surface area (Å²) in [7, 11) is 0. The van der Waals surface area contributed by atoms with Crippen LogP contribution in [-0.2, 0) is 0 Å². The van der Waals surface area contributed by atoms with Crippen molar-refractivity contribution in [1.82, 2.24) is 0 Å². The fourth-order valence-corrected chi connectivity index (χ4v) is 11.3. The summed E-state index contributed by atoms with van der Waals surface area (Å²) < 4.78 is 20.0. The Bertz CT molecular complexity index is 3950. The van der Waals surface area contributed by atoms with Crippen molar-refractivity contribution >= 4 is 140 Å². The molecule has 6 nitrogen and oxygen atoms in total. The first kappa shape index (κ1) is 36.4. The molecule has 0 spiro atoms. The molecular weight excluding hydrogens is 821 g/mol. The maximum atomic E-state index is 6.72. The summed E-state index contributed by atoms with van der Waals surface area (Å²) in [6.45, 7) is -0.161. The lowest BCUT2D eigenvalue weighted by Gasteiger charge is -2.45. The number of hydrogen-bond acceptors (Lipinski definition) is 6. The average molecular weight is 858 g/mol. The molecule has 0 unspecified atom stereocenters. The van der Waals surface area contributed by atoms with E-state index in [4.69, 9.17) is 13.3 Å². The first-order valence-electron chi connectivity index (χ1n) is 22.8. The maximum Gasteiger partial charge on any atom is 0.252 e. The highest BCUT2D eigenvalue weighted by Gasteiger charge is 2.46. The van der Waals surface area contributed by atoms with Gasteiger partial charge in [0.2, 0.25) is 0 Å². The van der Waals surface area contributed by atoms with Crippen molar-refractivity contribution in [3.8, 4) is 0 Å². The Morgan fingerprint density at radius 3 is 1.27 bits per heavy atom. The van der Waals surface area contributed by atoms with E-state index in [1.165, 1.54) is 16.4 Å². The van der Waals surface area contributed by atoms with E-state index in [0.717, 1.165) is 117 Å². The molecule has 5 heterocycles. The Labute approximate surface area is 384 Å². The van der Waals surface area contributed by atoms with E-state index in [9.17, 15) is 0 Å². The van der Waals surface area contributed by atoms with Crippen LogP contribution in [0.5, 0.6) is 0 Å². The van der Waals surface area contributed by atoms with Gasteiger partial charge in [0.05, 0.1) is 38.9 Å². The van der Waals surface area contributed by atoms with Crippen LogP contribution in [0.25, 0.3) is 65.8 Å². The van der Waals surface area contributed by atoms with Crippen molar-refractivity contribution in [1.29, 1.82) is 0 Å². The molecule has 2 aliphatic heterocycles. The summed E-state index contributed by atoms with van der Waals surface area (Å²) in [4.78, 5) is 7.40. The number of furan rings is 3. The van der Waals surface area contributed by atoms with Crippen LogP contribution in [0, 0.1) is 0 Å². The molecule has 67 heavy (non-hydrogen) atoms. The molecule has 0 bridgehead atoms. The summed E-state index contributed by atoms with van der Waals surface area (Å²) >= 11 is 0. The van der Waals surface area contributed by atoms with E-state index in [2.05, 4.69) is 227 Å². The fourth-order valence-electron chi connectivity index (χ4n) is 11.3. The predicted octanol–water partition coefficient (Wildman–Crippen LogP) is 14.9. The minimum atomic E-state index is -0.161. The van der Waals surface area contributed by atoms with Gasteiger partial charge >= 0.3 is 0 Å². The first-order chi connectivity index (χ1) is 33.3. The van der Waals surface area contributed by atoms with Gasteiger partial charge in [0.25, 0.3) is 6.71 Å². The molecule has 0 fully saturated rings. The number of anilines is 9. The van der Waals surface area contributed by atoms with Crippen LogP contribution in [0.4, 0.5) is 51.2 Å². The van der Waals surface area contributed by atoms with Crippen molar-refractivity contribution in [2.24, 2.45) is 0 Å². The molecule has 0 aliphatic carbocycles. The van der Waals surface area contributed by atoms with Gasteiger partial charge in [0.15, 0.2) is 0 Å². The van der Waals surface area contributed by atoms with E-state index in [1.807, 2.05) is 6.07 Å². The number of fused-ring (bicyclic) bond motifs is 15. The number of benzene rings is 10. The average Bonchev–Trinajstić information content (AvgIpc) is 4.09. The molecule has 0 radical (unpaired) electrons. The van der Waals surface area contributed by atoms with E-state index in [0.29, 0.717) is 0 Å². The summed E-state index contributed by atoms with van der Waals surface area (Å²) in [6.07, 6.45) is 0. The molecule has 0 atom stereocenters. The fraction of sp³-hybridized carbons (Fsp3) is 0. The monoisotopic (exact) mass is 857 g/mol. The van der Waals surface area contributed by atoms with E-state index in [1.54, 1.807) is 0 Å². The Balaban J connectivity index is 1.14. The SMILES string of the molecule is c1ccc(N(c2cc3c4c(c2)N(c2ccccc2)c2c(ccc5oc6ccccc6c25)B4c2ccc4oc5ccccc5c4c2N3c2ccccc2)c2cccc3oc4ccccc4c23)cc1. The summed E-state index contributed by atoms with van der Waals surface area (Å²) in [5.74, 6) is 0. The molecule has 0 N–H and O–H groups in total. The molecular formula is C60H36BN3O3. The van der Waals surface area contributed by atoms with Gasteiger partial charge in [-0.3, -0.25) is 0 Å². The number of nitrogens with zero attached hydrogens (tertiary/aromatic N) is 3. The first-order valence-corrected chi connectivity index (χ1v) is 22.8. The van der Waals surface area contributed by atoms with Crippen LogP contribution in [0.1, 0.15) is 0 Å². The Hall–Kier alpha value is -8.94. The second kappa shape index (κ2) is 13.8. The highest BCUT2D eigenvalue weighted by Crippen LogP contribution is 2.53. The van der Waals surface area contributed by atoms with Gasteiger partial charge < -0.3 is 28.0 Å². The normalized spacial score (nSPS) is 13.0. The van der Waals surface area contributed by atoms with Crippen LogP contribution >= 0.6 is 0 Å². The third-order valence-electron chi connectivity index (χ3n) is 14.0. The highest BCUT2D eigenvalue weighted by molar-refractivity contribution is 7.01. The van der Waals surface area contributed by atoms with Gasteiger partial charge in [-0.15, -0.1) is 0 Å². The Morgan fingerprint density at radius 1 is 0.343 bits per heavy atom. The lowest BCUT2D eigenvalue weighted by Crippen LogP contribution is -2.61. The zero-order chi connectivity index (χ0) is 43.7. The molecule has 3 aromatic heterocycles. The number of rotatable bonds is 5. The van der Waals surface area contributed by atoms with Crippen molar-refractivity contribution < 1.29 is 13.3 Å². The second-order valence-corrected chi connectivity index (χ2v) is 17.5. The summed E-state index contributed by atoms with van der Waals surface area (Å²) in [6, 6.07) is 77.8. The van der Waals surface area contributed by atoms with Crippen molar-refractivity contribution in [3.63, 3.8) is 0 Å². The molecule has 10 aromatic carbocycles. The molecule has 0 saturated heterocycles. The Kier molecular flexibility index (Phi) is 7.49. The predicted molar refractivity (Wildman–Crippen MR) is 277 cm³/mol. The van der Waals surface area contributed by atoms with Gasteiger partial charge in [-0.1, -0.05) is 127 Å². The van der Waals surface area contributed by atoms with E-state index < -0.39 is 0 Å². The second-order valence-electron chi connectivity index (χ2n) is 17.5. The topological polar surface area (TPSA) is 49.1 Å².